The van der Waals surface area contributed by atoms with Gasteiger partial charge in [0.15, 0.2) is 5.03 Å². The molecule has 1 saturated heterocycles. The number of pyridine rings is 1. The number of nitrogens with zero attached hydrogens (tertiary/aromatic N) is 4. The topological polar surface area (TPSA) is 80.1 Å². The van der Waals surface area contributed by atoms with E-state index in [4.69, 9.17) is 0 Å². The van der Waals surface area contributed by atoms with E-state index in [1.165, 1.54) is 16.8 Å². The summed E-state index contributed by atoms with van der Waals surface area (Å²) in [6, 6.07) is 11.1. The van der Waals surface area contributed by atoms with Gasteiger partial charge in [-0.25, -0.2) is 18.4 Å². The van der Waals surface area contributed by atoms with E-state index in [-0.39, 0.29) is 29.9 Å². The molecule has 170 valence electrons. The van der Waals surface area contributed by atoms with Crippen molar-refractivity contribution in [1.82, 2.24) is 18.8 Å². The van der Waals surface area contributed by atoms with Crippen LogP contribution in [0.2, 0.25) is 0 Å². The van der Waals surface area contributed by atoms with Crippen LogP contribution in [0.4, 0.5) is 19.0 Å². The van der Waals surface area contributed by atoms with E-state index in [1.54, 1.807) is 18.5 Å². The van der Waals surface area contributed by atoms with Gasteiger partial charge in [-0.2, -0.15) is 17.5 Å². The van der Waals surface area contributed by atoms with Crippen molar-refractivity contribution < 1.29 is 21.6 Å². The first kappa shape index (κ1) is 22.3. The second kappa shape index (κ2) is 7.89. The van der Waals surface area contributed by atoms with Gasteiger partial charge in [0.25, 0.3) is 10.0 Å². The largest absolute Gasteiger partial charge is 0.416 e. The number of imidazole rings is 1. The summed E-state index contributed by atoms with van der Waals surface area (Å²) in [7, 11) is -2.22. The molecule has 2 aromatic heterocycles. The lowest BCUT2D eigenvalue weighted by atomic mass is 9.83. The zero-order valence-corrected chi connectivity index (χ0v) is 18.2. The monoisotopic (exact) mass is 465 g/mol. The van der Waals surface area contributed by atoms with Crippen LogP contribution >= 0.6 is 0 Å². The Bertz CT molecular complexity index is 1210. The molecule has 1 aromatic carbocycles. The first-order valence-corrected chi connectivity index (χ1v) is 11.3. The number of alkyl halides is 3. The highest BCUT2D eigenvalue weighted by Crippen LogP contribution is 2.40. The van der Waals surface area contributed by atoms with E-state index in [1.807, 2.05) is 30.3 Å². The molecule has 0 aliphatic carbocycles. The molecule has 2 atom stereocenters. The van der Waals surface area contributed by atoms with Gasteiger partial charge in [-0.3, -0.25) is 0 Å². The van der Waals surface area contributed by atoms with Crippen molar-refractivity contribution in [3.8, 4) is 0 Å². The number of benzene rings is 1. The minimum atomic E-state index is -4.51. The lowest BCUT2D eigenvalue weighted by molar-refractivity contribution is -0.137. The zero-order valence-electron chi connectivity index (χ0n) is 17.4. The quantitative estimate of drug-likeness (QED) is 0.624. The fourth-order valence-corrected chi connectivity index (χ4v) is 5.56. The van der Waals surface area contributed by atoms with Crippen LogP contribution in [-0.2, 0) is 23.2 Å². The Morgan fingerprint density at radius 3 is 2.50 bits per heavy atom. The molecule has 4 rings (SSSR count). The lowest BCUT2D eigenvalue weighted by Gasteiger charge is -2.33. The molecule has 1 fully saturated rings. The Morgan fingerprint density at radius 1 is 1.16 bits per heavy atom. The van der Waals surface area contributed by atoms with Crippen LogP contribution in [0.25, 0.3) is 0 Å². The smallest absolute Gasteiger partial charge is 0.363 e. The molecule has 11 heteroatoms. The Kier molecular flexibility index (Phi) is 5.49. The summed E-state index contributed by atoms with van der Waals surface area (Å²) in [4.78, 5) is 8.02. The molecule has 0 amide bonds. The minimum absolute atomic E-state index is 0.0281. The Morgan fingerprint density at radius 2 is 1.88 bits per heavy atom. The number of aromatic nitrogens is 3. The normalized spacial score (nSPS) is 22.2. The van der Waals surface area contributed by atoms with Crippen molar-refractivity contribution in [2.24, 2.45) is 7.05 Å². The van der Waals surface area contributed by atoms with Gasteiger partial charge in [0.2, 0.25) is 0 Å². The van der Waals surface area contributed by atoms with Crippen molar-refractivity contribution in [3.05, 3.63) is 72.3 Å². The first-order valence-electron chi connectivity index (χ1n) is 9.83. The molecule has 1 N–H and O–H groups in total. The van der Waals surface area contributed by atoms with Gasteiger partial charge in [-0.15, -0.1) is 0 Å². The summed E-state index contributed by atoms with van der Waals surface area (Å²) in [6.45, 7) is 1.97. The number of halogens is 3. The predicted octanol–water partition coefficient (Wildman–Crippen LogP) is 3.49. The number of rotatable bonds is 5. The van der Waals surface area contributed by atoms with Crippen LogP contribution in [-0.4, -0.2) is 45.9 Å². The fourth-order valence-electron chi connectivity index (χ4n) is 4.04. The van der Waals surface area contributed by atoms with E-state index in [9.17, 15) is 21.6 Å². The van der Waals surface area contributed by atoms with Crippen LogP contribution in [0, 0.1) is 0 Å². The highest BCUT2D eigenvalue weighted by molar-refractivity contribution is 7.89. The van der Waals surface area contributed by atoms with Crippen LogP contribution in [0.5, 0.6) is 0 Å². The van der Waals surface area contributed by atoms with E-state index in [0.29, 0.717) is 0 Å². The standard InChI is InChI=1S/C21H22F3N5O2S/c1-20(27-18-10-16(8-9-25-18)21(22,23)24)13-29(11-17(20)15-6-4-3-5-7-15)32(30,31)19-12-28(2)14-26-19/h3-10,12,14,17H,11,13H2,1-2H3,(H,25,27). The number of hydrogen-bond acceptors (Lipinski definition) is 5. The third-order valence-corrected chi connectivity index (χ3v) is 7.35. The van der Waals surface area contributed by atoms with Gasteiger partial charge >= 0.3 is 6.18 Å². The highest BCUT2D eigenvalue weighted by Gasteiger charge is 2.48. The molecule has 1 aliphatic rings. The maximum atomic E-state index is 13.2. The third-order valence-electron chi connectivity index (χ3n) is 5.65. The van der Waals surface area contributed by atoms with E-state index in [2.05, 4.69) is 15.3 Å². The molecule has 0 saturated carbocycles. The maximum Gasteiger partial charge on any atom is 0.416 e. The molecule has 32 heavy (non-hydrogen) atoms. The van der Waals surface area contributed by atoms with Gasteiger partial charge in [0.1, 0.15) is 5.82 Å². The van der Waals surface area contributed by atoms with Crippen LogP contribution < -0.4 is 5.32 Å². The fraction of sp³-hybridized carbons (Fsp3) is 0.333. The van der Waals surface area contributed by atoms with E-state index in [0.717, 1.165) is 23.9 Å². The van der Waals surface area contributed by atoms with Crippen molar-refractivity contribution in [1.29, 1.82) is 0 Å². The van der Waals surface area contributed by atoms with Gasteiger partial charge in [0, 0.05) is 38.4 Å². The van der Waals surface area contributed by atoms with Crippen molar-refractivity contribution in [3.63, 3.8) is 0 Å². The average molecular weight is 466 g/mol. The summed E-state index contributed by atoms with van der Waals surface area (Å²) < 4.78 is 68.8. The number of sulfonamides is 1. The number of anilines is 1. The third kappa shape index (κ3) is 4.22. The number of hydrogen-bond donors (Lipinski definition) is 1. The predicted molar refractivity (Wildman–Crippen MR) is 112 cm³/mol. The minimum Gasteiger partial charge on any atom is -0.363 e. The Balaban J connectivity index is 1.71. The van der Waals surface area contributed by atoms with Gasteiger partial charge in [0.05, 0.1) is 17.4 Å². The first-order chi connectivity index (χ1) is 15.0. The molecule has 2 unspecified atom stereocenters. The lowest BCUT2D eigenvalue weighted by Crippen LogP contribution is -2.43. The van der Waals surface area contributed by atoms with E-state index >= 15 is 0 Å². The summed E-state index contributed by atoms with van der Waals surface area (Å²) in [6.07, 6.45) is -0.599. The molecular formula is C21H22F3N5O2S. The van der Waals surface area contributed by atoms with Crippen LogP contribution in [0.15, 0.2) is 66.2 Å². The van der Waals surface area contributed by atoms with Gasteiger partial charge < -0.3 is 9.88 Å². The highest BCUT2D eigenvalue weighted by atomic mass is 32.2. The number of nitrogens with one attached hydrogen (secondary N) is 1. The second-order valence-corrected chi connectivity index (χ2v) is 9.99. The summed E-state index contributed by atoms with van der Waals surface area (Å²) in [5.41, 5.74) is -0.875. The Labute approximate surface area is 184 Å². The SMILES string of the molecule is Cn1cnc(S(=O)(=O)N2CC(c3ccccc3)C(C)(Nc3cc(C(F)(F)F)ccn3)C2)c1. The van der Waals surface area contributed by atoms with E-state index < -0.39 is 27.3 Å². The zero-order chi connectivity index (χ0) is 23.1. The van der Waals surface area contributed by atoms with Gasteiger partial charge in [-0.05, 0) is 24.6 Å². The molecular weight excluding hydrogens is 443 g/mol. The van der Waals surface area contributed by atoms with Crippen molar-refractivity contribution >= 4 is 15.8 Å². The molecule has 1 aliphatic heterocycles. The molecule has 7 nitrogen and oxygen atoms in total. The van der Waals surface area contributed by atoms with Crippen LogP contribution in [0.1, 0.15) is 24.0 Å². The Hall–Kier alpha value is -2.92. The van der Waals surface area contributed by atoms with Crippen LogP contribution in [0.3, 0.4) is 0 Å². The summed E-state index contributed by atoms with van der Waals surface area (Å²) in [5.74, 6) is -0.307. The van der Waals surface area contributed by atoms with Gasteiger partial charge in [-0.1, -0.05) is 30.3 Å². The molecule has 3 heterocycles. The summed E-state index contributed by atoms with van der Waals surface area (Å²) >= 11 is 0. The second-order valence-electron chi connectivity index (χ2n) is 8.11. The molecule has 3 aromatic rings. The van der Waals surface area contributed by atoms with Crippen molar-refractivity contribution in [2.45, 2.75) is 29.6 Å². The maximum absolute atomic E-state index is 13.2. The molecule has 0 bridgehead atoms. The average Bonchev–Trinajstić information content (AvgIpc) is 3.32. The van der Waals surface area contributed by atoms with Crippen molar-refractivity contribution in [2.75, 3.05) is 18.4 Å². The molecule has 0 spiro atoms. The summed E-state index contributed by atoms with van der Waals surface area (Å²) in [5, 5.41) is 3.02. The molecule has 0 radical (unpaired) electrons. The number of aryl methyl sites for hydroxylation is 1.